The predicted molar refractivity (Wildman–Crippen MR) is 66.2 cm³/mol. The number of rotatable bonds is 3. The lowest BCUT2D eigenvalue weighted by Crippen LogP contribution is -2.53. The summed E-state index contributed by atoms with van der Waals surface area (Å²) in [6.07, 6.45) is 6.24. The number of aromatic nitrogens is 1. The summed E-state index contributed by atoms with van der Waals surface area (Å²) in [7, 11) is 2.15. The number of aryl methyl sites for hydroxylation is 1. The van der Waals surface area contributed by atoms with Crippen LogP contribution in [0.25, 0.3) is 0 Å². The van der Waals surface area contributed by atoms with Crippen molar-refractivity contribution in [2.24, 2.45) is 5.73 Å². The Hall–Kier alpha value is -0.930. The summed E-state index contributed by atoms with van der Waals surface area (Å²) in [5, 5.41) is 0. The lowest BCUT2D eigenvalue weighted by molar-refractivity contribution is 0.170. The number of nitrogens with zero attached hydrogens (tertiary/aromatic N) is 2. The van der Waals surface area contributed by atoms with Crippen LogP contribution in [0.5, 0.6) is 0 Å². The highest BCUT2D eigenvalue weighted by Crippen LogP contribution is 2.22. The van der Waals surface area contributed by atoms with Crippen molar-refractivity contribution in [3.05, 3.63) is 30.1 Å². The molecule has 1 saturated heterocycles. The number of likely N-dealkylation sites (N-methyl/N-ethyl adjacent to an activating group) is 1. The lowest BCUT2D eigenvalue weighted by Gasteiger charge is -2.38. The van der Waals surface area contributed by atoms with Crippen molar-refractivity contribution in [2.75, 3.05) is 20.1 Å². The van der Waals surface area contributed by atoms with Gasteiger partial charge in [-0.1, -0.05) is 6.07 Å². The van der Waals surface area contributed by atoms with Crippen LogP contribution in [-0.4, -0.2) is 35.6 Å². The minimum absolute atomic E-state index is 0.00940. The molecular weight excluding hydrogens is 198 g/mol. The number of hydrogen-bond donors (Lipinski definition) is 1. The topological polar surface area (TPSA) is 42.1 Å². The first kappa shape index (κ1) is 11.6. The van der Waals surface area contributed by atoms with Crippen LogP contribution < -0.4 is 5.73 Å². The summed E-state index contributed by atoms with van der Waals surface area (Å²) in [6, 6.07) is 6.07. The maximum absolute atomic E-state index is 6.43. The molecule has 1 aromatic heterocycles. The van der Waals surface area contributed by atoms with E-state index in [1.54, 1.807) is 0 Å². The minimum Gasteiger partial charge on any atom is -0.324 e. The fraction of sp³-hybridized carbons (Fsp3) is 0.615. The van der Waals surface area contributed by atoms with Crippen molar-refractivity contribution < 1.29 is 0 Å². The second-order valence-electron chi connectivity index (χ2n) is 5.02. The first-order chi connectivity index (χ1) is 7.68. The Balaban J connectivity index is 1.89. The third-order valence-electron chi connectivity index (χ3n) is 3.40. The number of likely N-dealkylation sites (tertiary alicyclic amines) is 1. The van der Waals surface area contributed by atoms with Gasteiger partial charge < -0.3 is 10.6 Å². The highest BCUT2D eigenvalue weighted by atomic mass is 15.1. The van der Waals surface area contributed by atoms with Gasteiger partial charge in [-0.3, -0.25) is 4.98 Å². The van der Waals surface area contributed by atoms with Gasteiger partial charge in [0.25, 0.3) is 0 Å². The van der Waals surface area contributed by atoms with E-state index >= 15 is 0 Å². The summed E-state index contributed by atoms with van der Waals surface area (Å²) >= 11 is 0. The molecule has 0 radical (unpaired) electrons. The molecule has 0 aliphatic carbocycles. The Kier molecular flexibility index (Phi) is 3.56. The van der Waals surface area contributed by atoms with Gasteiger partial charge in [-0.05, 0) is 51.4 Å². The lowest BCUT2D eigenvalue weighted by atomic mass is 9.85. The van der Waals surface area contributed by atoms with Crippen molar-refractivity contribution in [3.8, 4) is 0 Å². The quantitative estimate of drug-likeness (QED) is 0.836. The van der Waals surface area contributed by atoms with Gasteiger partial charge in [0.05, 0.1) is 0 Å². The molecule has 2 N–H and O–H groups in total. The molecule has 0 saturated carbocycles. The minimum atomic E-state index is -0.00940. The van der Waals surface area contributed by atoms with Crippen molar-refractivity contribution in [2.45, 2.75) is 31.2 Å². The molecule has 1 unspecified atom stereocenters. The van der Waals surface area contributed by atoms with Crippen LogP contribution in [0.15, 0.2) is 24.4 Å². The summed E-state index contributed by atoms with van der Waals surface area (Å²) in [5.74, 6) is 0. The van der Waals surface area contributed by atoms with E-state index in [0.29, 0.717) is 0 Å². The third kappa shape index (κ3) is 3.03. The SMILES string of the molecule is CN1CCCC(N)(CCc2ccccn2)C1. The molecule has 2 heterocycles. The summed E-state index contributed by atoms with van der Waals surface area (Å²) in [5.41, 5.74) is 7.57. The van der Waals surface area contributed by atoms with Crippen LogP contribution in [-0.2, 0) is 6.42 Å². The average Bonchev–Trinajstić information content (AvgIpc) is 2.28. The van der Waals surface area contributed by atoms with E-state index in [9.17, 15) is 0 Å². The Morgan fingerprint density at radius 2 is 2.38 bits per heavy atom. The number of nitrogens with two attached hydrogens (primary N) is 1. The number of hydrogen-bond acceptors (Lipinski definition) is 3. The van der Waals surface area contributed by atoms with Gasteiger partial charge in [0.1, 0.15) is 0 Å². The van der Waals surface area contributed by atoms with E-state index < -0.39 is 0 Å². The molecule has 1 fully saturated rings. The van der Waals surface area contributed by atoms with Crippen molar-refractivity contribution >= 4 is 0 Å². The van der Waals surface area contributed by atoms with Crippen LogP contribution in [0.3, 0.4) is 0 Å². The van der Waals surface area contributed by atoms with Gasteiger partial charge in [-0.2, -0.15) is 0 Å². The fourth-order valence-corrected chi connectivity index (χ4v) is 2.52. The molecule has 16 heavy (non-hydrogen) atoms. The van der Waals surface area contributed by atoms with E-state index in [1.807, 2.05) is 18.3 Å². The molecule has 0 amide bonds. The predicted octanol–water partition coefficient (Wildman–Crippen LogP) is 1.44. The Morgan fingerprint density at radius 1 is 1.50 bits per heavy atom. The Labute approximate surface area is 97.7 Å². The Bertz CT molecular complexity index is 325. The number of pyridine rings is 1. The molecule has 0 aromatic carbocycles. The monoisotopic (exact) mass is 219 g/mol. The van der Waals surface area contributed by atoms with Crippen molar-refractivity contribution in [3.63, 3.8) is 0 Å². The van der Waals surface area contributed by atoms with Crippen LogP contribution in [0.1, 0.15) is 25.0 Å². The molecule has 1 aromatic rings. The Morgan fingerprint density at radius 3 is 3.06 bits per heavy atom. The van der Waals surface area contributed by atoms with Crippen molar-refractivity contribution in [1.29, 1.82) is 0 Å². The van der Waals surface area contributed by atoms with E-state index in [0.717, 1.165) is 31.5 Å². The van der Waals surface area contributed by atoms with Gasteiger partial charge in [0, 0.05) is 24.0 Å². The highest BCUT2D eigenvalue weighted by Gasteiger charge is 2.29. The average molecular weight is 219 g/mol. The molecule has 88 valence electrons. The molecule has 0 bridgehead atoms. The van der Waals surface area contributed by atoms with Gasteiger partial charge in [0.2, 0.25) is 0 Å². The molecule has 3 nitrogen and oxygen atoms in total. The van der Waals surface area contributed by atoms with E-state index in [1.165, 1.54) is 13.0 Å². The maximum Gasteiger partial charge on any atom is 0.0404 e. The summed E-state index contributed by atoms with van der Waals surface area (Å²) < 4.78 is 0. The molecule has 1 aliphatic heterocycles. The summed E-state index contributed by atoms with van der Waals surface area (Å²) in [4.78, 5) is 6.68. The molecular formula is C13H21N3. The van der Waals surface area contributed by atoms with E-state index in [2.05, 4.69) is 23.0 Å². The maximum atomic E-state index is 6.43. The highest BCUT2D eigenvalue weighted by molar-refractivity contribution is 5.05. The molecule has 1 aliphatic rings. The fourth-order valence-electron chi connectivity index (χ4n) is 2.52. The zero-order valence-corrected chi connectivity index (χ0v) is 10.0. The van der Waals surface area contributed by atoms with Gasteiger partial charge >= 0.3 is 0 Å². The second-order valence-corrected chi connectivity index (χ2v) is 5.02. The van der Waals surface area contributed by atoms with E-state index in [-0.39, 0.29) is 5.54 Å². The van der Waals surface area contributed by atoms with Crippen molar-refractivity contribution in [1.82, 2.24) is 9.88 Å². The van der Waals surface area contributed by atoms with Crippen LogP contribution in [0.2, 0.25) is 0 Å². The van der Waals surface area contributed by atoms with Gasteiger partial charge in [0.15, 0.2) is 0 Å². The molecule has 0 spiro atoms. The first-order valence-corrected chi connectivity index (χ1v) is 6.05. The normalized spacial score (nSPS) is 26.9. The largest absolute Gasteiger partial charge is 0.324 e. The molecule has 2 rings (SSSR count). The standard InChI is InChI=1S/C13H21N3/c1-16-10-4-7-13(14,11-16)8-6-12-5-2-3-9-15-12/h2-3,5,9H,4,6-8,10-11,14H2,1H3. The number of piperidine rings is 1. The zero-order valence-electron chi connectivity index (χ0n) is 10.0. The zero-order chi connectivity index (χ0) is 11.4. The second kappa shape index (κ2) is 4.93. The molecule has 1 atom stereocenters. The van der Waals surface area contributed by atoms with Crippen LogP contribution in [0, 0.1) is 0 Å². The van der Waals surface area contributed by atoms with Gasteiger partial charge in [-0.25, -0.2) is 0 Å². The van der Waals surface area contributed by atoms with Gasteiger partial charge in [-0.15, -0.1) is 0 Å². The van der Waals surface area contributed by atoms with Crippen LogP contribution in [0.4, 0.5) is 0 Å². The summed E-state index contributed by atoms with van der Waals surface area (Å²) in [6.45, 7) is 2.20. The van der Waals surface area contributed by atoms with Crippen LogP contribution >= 0.6 is 0 Å². The third-order valence-corrected chi connectivity index (χ3v) is 3.40. The first-order valence-electron chi connectivity index (χ1n) is 6.05. The van der Waals surface area contributed by atoms with E-state index in [4.69, 9.17) is 5.73 Å². The smallest absolute Gasteiger partial charge is 0.0404 e. The molecule has 3 heteroatoms.